The van der Waals surface area contributed by atoms with Crippen molar-refractivity contribution < 1.29 is 9.13 Å². The predicted molar refractivity (Wildman–Crippen MR) is 74.4 cm³/mol. The second-order valence-electron chi connectivity index (χ2n) is 4.45. The van der Waals surface area contributed by atoms with Crippen molar-refractivity contribution in [3.8, 4) is 0 Å². The van der Waals surface area contributed by atoms with E-state index < -0.39 is 5.82 Å². The molecule has 0 bridgehead atoms. The molecule has 1 rings (SSSR count). The summed E-state index contributed by atoms with van der Waals surface area (Å²) < 4.78 is 19.1. The molecule has 4 nitrogen and oxygen atoms in total. The van der Waals surface area contributed by atoms with Gasteiger partial charge >= 0.3 is 0 Å². The van der Waals surface area contributed by atoms with Crippen LogP contribution in [-0.4, -0.2) is 19.8 Å². The Morgan fingerprint density at radius 2 is 2.06 bits per heavy atom. The van der Waals surface area contributed by atoms with Gasteiger partial charge in [0.15, 0.2) is 5.82 Å². The Kier molecular flexibility index (Phi) is 5.50. The molecule has 0 atom stereocenters. The van der Waals surface area contributed by atoms with Gasteiger partial charge in [0.05, 0.1) is 23.7 Å². The third-order valence-corrected chi connectivity index (χ3v) is 2.65. The molecule has 0 aliphatic heterocycles. The second-order valence-corrected chi connectivity index (χ2v) is 4.83. The molecule has 6 heteroatoms. The summed E-state index contributed by atoms with van der Waals surface area (Å²) in [6.07, 6.45) is 0. The van der Waals surface area contributed by atoms with Crippen LogP contribution in [0.15, 0.2) is 6.07 Å². The Morgan fingerprint density at radius 1 is 1.39 bits per heavy atom. The van der Waals surface area contributed by atoms with E-state index in [4.69, 9.17) is 27.8 Å². The molecule has 0 amide bonds. The highest BCUT2D eigenvalue weighted by atomic mass is 35.5. The summed E-state index contributed by atoms with van der Waals surface area (Å²) in [6.45, 7) is 5.71. The molecular formula is C12H19ClFN3O. The molecule has 102 valence electrons. The summed E-state index contributed by atoms with van der Waals surface area (Å²) in [6, 6.07) is 1.43. The van der Waals surface area contributed by atoms with Crippen molar-refractivity contribution in [1.29, 1.82) is 0 Å². The van der Waals surface area contributed by atoms with E-state index in [1.165, 1.54) is 6.07 Å². The third kappa shape index (κ3) is 3.92. The number of anilines is 3. The van der Waals surface area contributed by atoms with Crippen LogP contribution in [0, 0.1) is 11.7 Å². The maximum atomic E-state index is 13.8. The molecule has 0 spiro atoms. The van der Waals surface area contributed by atoms with E-state index in [0.717, 1.165) is 0 Å². The van der Waals surface area contributed by atoms with Crippen molar-refractivity contribution in [2.24, 2.45) is 5.92 Å². The lowest BCUT2D eigenvalue weighted by Gasteiger charge is -2.13. The van der Waals surface area contributed by atoms with E-state index in [9.17, 15) is 4.39 Å². The Morgan fingerprint density at radius 3 is 2.67 bits per heavy atom. The van der Waals surface area contributed by atoms with E-state index in [0.29, 0.717) is 25.7 Å². The van der Waals surface area contributed by atoms with Crippen LogP contribution in [0.2, 0.25) is 5.02 Å². The molecule has 1 aromatic rings. The van der Waals surface area contributed by atoms with Crippen LogP contribution in [0.4, 0.5) is 21.5 Å². The van der Waals surface area contributed by atoms with Gasteiger partial charge in [0.25, 0.3) is 0 Å². The first-order valence-corrected chi connectivity index (χ1v) is 6.15. The van der Waals surface area contributed by atoms with Gasteiger partial charge in [-0.05, 0) is 12.0 Å². The lowest BCUT2D eigenvalue weighted by molar-refractivity contribution is 0.118. The standard InChI is InChI=1S/C12H19ClFN3O/c1-7(2)6-18-4-3-17-12-9(16)5-8(15)10(13)11(12)14/h5,7,17H,3-4,6,15-16H2,1-2H3. The molecule has 0 radical (unpaired) electrons. The highest BCUT2D eigenvalue weighted by molar-refractivity contribution is 6.33. The molecule has 0 saturated heterocycles. The van der Waals surface area contributed by atoms with Gasteiger partial charge in [-0.3, -0.25) is 0 Å². The Hall–Kier alpha value is -1.20. The van der Waals surface area contributed by atoms with Crippen LogP contribution in [0.1, 0.15) is 13.8 Å². The van der Waals surface area contributed by atoms with Gasteiger partial charge in [-0.2, -0.15) is 0 Å². The van der Waals surface area contributed by atoms with Gasteiger partial charge in [0.1, 0.15) is 5.02 Å². The van der Waals surface area contributed by atoms with E-state index >= 15 is 0 Å². The highest BCUT2D eigenvalue weighted by Crippen LogP contribution is 2.33. The monoisotopic (exact) mass is 275 g/mol. The van der Waals surface area contributed by atoms with Gasteiger partial charge in [0, 0.05) is 13.2 Å². The van der Waals surface area contributed by atoms with Gasteiger partial charge in [-0.25, -0.2) is 4.39 Å². The minimum absolute atomic E-state index is 0.116. The van der Waals surface area contributed by atoms with Crippen LogP contribution < -0.4 is 16.8 Å². The number of halogens is 2. The van der Waals surface area contributed by atoms with Crippen molar-refractivity contribution in [1.82, 2.24) is 0 Å². The first kappa shape index (κ1) is 14.9. The molecule has 0 aromatic heterocycles. The van der Waals surface area contributed by atoms with Crippen LogP contribution >= 0.6 is 11.6 Å². The van der Waals surface area contributed by atoms with E-state index in [2.05, 4.69) is 19.2 Å². The van der Waals surface area contributed by atoms with Crippen LogP contribution in [0.3, 0.4) is 0 Å². The van der Waals surface area contributed by atoms with Crippen molar-refractivity contribution in [2.45, 2.75) is 13.8 Å². The second kappa shape index (κ2) is 6.66. The van der Waals surface area contributed by atoms with Crippen molar-refractivity contribution in [2.75, 3.05) is 36.5 Å². The smallest absolute Gasteiger partial charge is 0.169 e. The number of rotatable bonds is 6. The largest absolute Gasteiger partial charge is 0.397 e. The van der Waals surface area contributed by atoms with Crippen LogP contribution in [0.5, 0.6) is 0 Å². The molecule has 0 aliphatic carbocycles. The van der Waals surface area contributed by atoms with E-state index in [1.54, 1.807) is 0 Å². The van der Waals surface area contributed by atoms with E-state index in [-0.39, 0.29) is 22.1 Å². The summed E-state index contributed by atoms with van der Waals surface area (Å²) >= 11 is 5.71. The number of hydrogen-bond acceptors (Lipinski definition) is 4. The fraction of sp³-hybridized carbons (Fsp3) is 0.500. The Bertz CT molecular complexity index is 413. The van der Waals surface area contributed by atoms with Gasteiger partial charge < -0.3 is 21.5 Å². The first-order valence-electron chi connectivity index (χ1n) is 5.78. The van der Waals surface area contributed by atoms with Crippen LogP contribution in [-0.2, 0) is 4.74 Å². The molecule has 0 saturated carbocycles. The number of nitrogen functional groups attached to an aromatic ring is 2. The first-order chi connectivity index (χ1) is 8.43. The summed E-state index contributed by atoms with van der Waals surface area (Å²) in [4.78, 5) is 0. The maximum absolute atomic E-state index is 13.8. The minimum atomic E-state index is -0.627. The van der Waals surface area contributed by atoms with Gasteiger partial charge in [0.2, 0.25) is 0 Å². The molecule has 5 N–H and O–H groups in total. The number of nitrogens with one attached hydrogen (secondary N) is 1. The Labute approximate surface area is 111 Å². The summed E-state index contributed by atoms with van der Waals surface area (Å²) in [5.41, 5.74) is 11.7. The molecule has 0 fully saturated rings. The van der Waals surface area contributed by atoms with Crippen molar-refractivity contribution in [3.63, 3.8) is 0 Å². The molecule has 18 heavy (non-hydrogen) atoms. The minimum Gasteiger partial charge on any atom is -0.397 e. The zero-order valence-electron chi connectivity index (χ0n) is 10.6. The quantitative estimate of drug-likeness (QED) is 0.551. The molecular weight excluding hydrogens is 257 g/mol. The SMILES string of the molecule is CC(C)COCCNc1c(N)cc(N)c(Cl)c1F. The maximum Gasteiger partial charge on any atom is 0.169 e. The predicted octanol–water partition coefficient (Wildman–Crippen LogP) is 2.73. The van der Waals surface area contributed by atoms with Gasteiger partial charge in [-0.1, -0.05) is 25.4 Å². The number of nitrogens with two attached hydrogens (primary N) is 2. The van der Waals surface area contributed by atoms with Crippen LogP contribution in [0.25, 0.3) is 0 Å². The lowest BCUT2D eigenvalue weighted by atomic mass is 10.2. The summed E-state index contributed by atoms with van der Waals surface area (Å²) in [5, 5.41) is 2.74. The molecule has 0 aliphatic rings. The molecule has 1 aromatic carbocycles. The van der Waals surface area contributed by atoms with Gasteiger partial charge in [-0.15, -0.1) is 0 Å². The number of benzene rings is 1. The fourth-order valence-electron chi connectivity index (χ4n) is 1.41. The zero-order valence-corrected chi connectivity index (χ0v) is 11.4. The van der Waals surface area contributed by atoms with E-state index in [1.807, 2.05) is 0 Å². The normalized spacial score (nSPS) is 10.9. The number of hydrogen-bond donors (Lipinski definition) is 3. The topological polar surface area (TPSA) is 73.3 Å². The highest BCUT2D eigenvalue weighted by Gasteiger charge is 2.13. The number of ether oxygens (including phenoxy) is 1. The third-order valence-electron chi connectivity index (χ3n) is 2.26. The summed E-state index contributed by atoms with van der Waals surface area (Å²) in [5.74, 6) is -0.157. The summed E-state index contributed by atoms with van der Waals surface area (Å²) in [7, 11) is 0. The fourth-order valence-corrected chi connectivity index (χ4v) is 1.56. The zero-order chi connectivity index (χ0) is 13.7. The average molecular weight is 276 g/mol. The van der Waals surface area contributed by atoms with Crippen molar-refractivity contribution in [3.05, 3.63) is 16.9 Å². The molecule has 0 heterocycles. The van der Waals surface area contributed by atoms with Crippen molar-refractivity contribution >= 4 is 28.7 Å². The average Bonchev–Trinajstić information content (AvgIpc) is 2.29. The Balaban J connectivity index is 2.55. The molecule has 0 unspecified atom stereocenters. The lowest BCUT2D eigenvalue weighted by Crippen LogP contribution is -2.14.